The van der Waals surface area contributed by atoms with E-state index in [1.807, 2.05) is 60.7 Å². The van der Waals surface area contributed by atoms with E-state index in [0.717, 1.165) is 24.2 Å². The maximum absolute atomic E-state index is 12.7. The minimum atomic E-state index is -0.794. The van der Waals surface area contributed by atoms with Crippen molar-refractivity contribution < 1.29 is 19.4 Å². The van der Waals surface area contributed by atoms with Crippen LogP contribution in [0.5, 0.6) is 11.5 Å². The SMILES string of the molecule is O=C(O)CCCCCN1C(=O)/C(=C\c2cccc(Oc3ccccc3)c2)SC1=S. The predicted octanol–water partition coefficient (Wildman–Crippen LogP) is 5.33. The summed E-state index contributed by atoms with van der Waals surface area (Å²) in [6.07, 6.45) is 4.06. The Labute approximate surface area is 179 Å². The number of rotatable bonds is 9. The predicted molar refractivity (Wildman–Crippen MR) is 119 cm³/mol. The highest BCUT2D eigenvalue weighted by Gasteiger charge is 2.31. The maximum atomic E-state index is 12.7. The lowest BCUT2D eigenvalue weighted by molar-refractivity contribution is -0.137. The number of carboxylic acid groups (broad SMARTS) is 1. The third-order valence-corrected chi connectivity index (χ3v) is 5.66. The van der Waals surface area contributed by atoms with Crippen molar-refractivity contribution >= 4 is 46.3 Å². The van der Waals surface area contributed by atoms with Crippen molar-refractivity contribution in [2.45, 2.75) is 25.7 Å². The lowest BCUT2D eigenvalue weighted by Crippen LogP contribution is -2.29. The van der Waals surface area contributed by atoms with Gasteiger partial charge in [0.25, 0.3) is 5.91 Å². The molecule has 3 rings (SSSR count). The van der Waals surface area contributed by atoms with Crippen molar-refractivity contribution in [2.75, 3.05) is 6.54 Å². The summed E-state index contributed by atoms with van der Waals surface area (Å²) >= 11 is 6.64. The molecule has 0 radical (unpaired) electrons. The number of ether oxygens (including phenoxy) is 1. The number of carbonyl (C=O) groups excluding carboxylic acids is 1. The number of thioether (sulfide) groups is 1. The zero-order chi connectivity index (χ0) is 20.6. The van der Waals surface area contributed by atoms with Gasteiger partial charge in [0.2, 0.25) is 0 Å². The highest BCUT2D eigenvalue weighted by atomic mass is 32.2. The molecular formula is C22H21NO4S2. The number of amides is 1. The molecule has 1 saturated heterocycles. The molecular weight excluding hydrogens is 406 g/mol. The highest BCUT2D eigenvalue weighted by molar-refractivity contribution is 8.26. The number of nitrogens with zero attached hydrogens (tertiary/aromatic N) is 1. The summed E-state index contributed by atoms with van der Waals surface area (Å²) in [6, 6.07) is 17.1. The molecule has 5 nitrogen and oxygen atoms in total. The van der Waals surface area contributed by atoms with Crippen LogP contribution in [0.2, 0.25) is 0 Å². The first-order valence-electron chi connectivity index (χ1n) is 9.33. The third-order valence-electron chi connectivity index (χ3n) is 4.28. The first-order valence-corrected chi connectivity index (χ1v) is 10.6. The lowest BCUT2D eigenvalue weighted by atomic mass is 10.2. The Kier molecular flexibility index (Phi) is 7.43. The van der Waals surface area contributed by atoms with Crippen LogP contribution in [-0.4, -0.2) is 32.7 Å². The first-order chi connectivity index (χ1) is 14.0. The molecule has 29 heavy (non-hydrogen) atoms. The fourth-order valence-corrected chi connectivity index (χ4v) is 4.17. The summed E-state index contributed by atoms with van der Waals surface area (Å²) < 4.78 is 6.38. The van der Waals surface area contributed by atoms with Gasteiger partial charge in [0.05, 0.1) is 4.91 Å². The van der Waals surface area contributed by atoms with Crippen LogP contribution in [0.3, 0.4) is 0 Å². The van der Waals surface area contributed by atoms with E-state index in [-0.39, 0.29) is 12.3 Å². The van der Waals surface area contributed by atoms with Gasteiger partial charge < -0.3 is 9.84 Å². The van der Waals surface area contributed by atoms with Gasteiger partial charge in [-0.15, -0.1) is 0 Å². The Morgan fingerprint density at radius 3 is 2.59 bits per heavy atom. The van der Waals surface area contributed by atoms with Crippen molar-refractivity contribution in [3.8, 4) is 11.5 Å². The van der Waals surface area contributed by atoms with Gasteiger partial charge in [-0.1, -0.05) is 60.7 Å². The second-order valence-corrected chi connectivity index (χ2v) is 8.20. The molecule has 0 unspecified atom stereocenters. The molecule has 0 aromatic heterocycles. The molecule has 0 spiro atoms. The first kappa shape index (κ1) is 21.1. The van der Waals surface area contributed by atoms with Crippen molar-refractivity contribution in [2.24, 2.45) is 0 Å². The molecule has 1 aliphatic rings. The molecule has 0 saturated carbocycles. The molecule has 2 aromatic carbocycles. The number of carboxylic acids is 1. The van der Waals surface area contributed by atoms with Crippen molar-refractivity contribution in [3.63, 3.8) is 0 Å². The second-order valence-electron chi connectivity index (χ2n) is 6.53. The number of carbonyl (C=O) groups is 2. The fourth-order valence-electron chi connectivity index (χ4n) is 2.86. The summed E-state index contributed by atoms with van der Waals surface area (Å²) in [5.41, 5.74) is 0.861. The number of hydrogen-bond donors (Lipinski definition) is 1. The van der Waals surface area contributed by atoms with E-state index < -0.39 is 5.97 Å². The Bertz CT molecular complexity index is 927. The maximum Gasteiger partial charge on any atom is 0.303 e. The van der Waals surface area contributed by atoms with Gasteiger partial charge in [-0.2, -0.15) is 0 Å². The van der Waals surface area contributed by atoms with Gasteiger partial charge in [-0.3, -0.25) is 14.5 Å². The van der Waals surface area contributed by atoms with Crippen molar-refractivity contribution in [1.29, 1.82) is 0 Å². The molecule has 0 aliphatic carbocycles. The number of unbranched alkanes of at least 4 members (excludes halogenated alkanes) is 2. The van der Waals surface area contributed by atoms with E-state index in [2.05, 4.69) is 0 Å². The van der Waals surface area contributed by atoms with Gasteiger partial charge >= 0.3 is 5.97 Å². The molecule has 0 bridgehead atoms. The largest absolute Gasteiger partial charge is 0.481 e. The van der Waals surface area contributed by atoms with Gasteiger partial charge in [0.1, 0.15) is 15.8 Å². The average molecular weight is 428 g/mol. The van der Waals surface area contributed by atoms with Crippen LogP contribution in [0.25, 0.3) is 6.08 Å². The summed E-state index contributed by atoms with van der Waals surface area (Å²) in [4.78, 5) is 25.4. The third kappa shape index (κ3) is 6.17. The van der Waals surface area contributed by atoms with E-state index in [1.54, 1.807) is 4.90 Å². The van der Waals surface area contributed by atoms with E-state index >= 15 is 0 Å². The van der Waals surface area contributed by atoms with Crippen LogP contribution in [0.1, 0.15) is 31.2 Å². The zero-order valence-corrected chi connectivity index (χ0v) is 17.4. The molecule has 1 aliphatic heterocycles. The Balaban J connectivity index is 1.61. The highest BCUT2D eigenvalue weighted by Crippen LogP contribution is 2.33. The summed E-state index contributed by atoms with van der Waals surface area (Å²) in [7, 11) is 0. The molecule has 7 heteroatoms. The van der Waals surface area contributed by atoms with Crippen molar-refractivity contribution in [3.05, 3.63) is 65.1 Å². The standard InChI is InChI=1S/C22H21NO4S2/c24-20(25)12-5-2-6-13-23-21(26)19(29-22(23)28)15-16-8-7-11-18(14-16)27-17-9-3-1-4-10-17/h1,3-4,7-11,14-15H,2,5-6,12-13H2,(H,24,25)/b19-15+. The topological polar surface area (TPSA) is 66.8 Å². The average Bonchev–Trinajstić information content (AvgIpc) is 2.96. The fraction of sp³-hybridized carbons (Fsp3) is 0.227. The lowest BCUT2D eigenvalue weighted by Gasteiger charge is -2.13. The van der Waals surface area contributed by atoms with Gasteiger partial charge in [-0.05, 0) is 48.7 Å². The van der Waals surface area contributed by atoms with Crippen LogP contribution in [0, 0.1) is 0 Å². The van der Waals surface area contributed by atoms with Crippen LogP contribution < -0.4 is 4.74 Å². The molecule has 1 amide bonds. The number of para-hydroxylation sites is 1. The molecule has 1 fully saturated rings. The monoisotopic (exact) mass is 427 g/mol. The smallest absolute Gasteiger partial charge is 0.303 e. The number of benzene rings is 2. The minimum Gasteiger partial charge on any atom is -0.481 e. The summed E-state index contributed by atoms with van der Waals surface area (Å²) in [6.45, 7) is 0.513. The molecule has 150 valence electrons. The normalized spacial score (nSPS) is 15.2. The molecule has 2 aromatic rings. The van der Waals surface area contributed by atoms with E-state index in [1.165, 1.54) is 11.8 Å². The van der Waals surface area contributed by atoms with E-state index in [9.17, 15) is 9.59 Å². The Morgan fingerprint density at radius 2 is 1.83 bits per heavy atom. The minimum absolute atomic E-state index is 0.104. The Hall–Kier alpha value is -2.64. The number of hydrogen-bond acceptors (Lipinski definition) is 5. The van der Waals surface area contributed by atoms with Gasteiger partial charge in [-0.25, -0.2) is 0 Å². The molecule has 0 atom stereocenters. The van der Waals surface area contributed by atoms with E-state index in [0.29, 0.717) is 27.9 Å². The number of aliphatic carboxylic acids is 1. The summed E-state index contributed by atoms with van der Waals surface area (Å²) in [5, 5.41) is 8.68. The molecule has 1 heterocycles. The summed E-state index contributed by atoms with van der Waals surface area (Å²) in [5.74, 6) is 0.544. The zero-order valence-electron chi connectivity index (χ0n) is 15.7. The van der Waals surface area contributed by atoms with Crippen LogP contribution >= 0.6 is 24.0 Å². The van der Waals surface area contributed by atoms with Crippen LogP contribution in [0.15, 0.2) is 59.5 Å². The van der Waals surface area contributed by atoms with Crippen LogP contribution in [-0.2, 0) is 9.59 Å². The molecule has 1 N–H and O–H groups in total. The Morgan fingerprint density at radius 1 is 1.07 bits per heavy atom. The van der Waals surface area contributed by atoms with E-state index in [4.69, 9.17) is 22.1 Å². The quantitative estimate of drug-likeness (QED) is 0.332. The second kappa shape index (κ2) is 10.2. The van der Waals surface area contributed by atoms with Crippen molar-refractivity contribution in [1.82, 2.24) is 4.90 Å². The van der Waals surface area contributed by atoms with Gasteiger partial charge in [0, 0.05) is 13.0 Å². The van der Waals surface area contributed by atoms with Crippen LogP contribution in [0.4, 0.5) is 0 Å². The van der Waals surface area contributed by atoms with Gasteiger partial charge in [0.15, 0.2) is 0 Å². The number of thiocarbonyl (C=S) groups is 1.